The highest BCUT2D eigenvalue weighted by Gasteiger charge is 2.36. The van der Waals surface area contributed by atoms with Gasteiger partial charge in [-0.1, -0.05) is 23.7 Å². The summed E-state index contributed by atoms with van der Waals surface area (Å²) in [5, 5.41) is 2.31. The van der Waals surface area contributed by atoms with Gasteiger partial charge >= 0.3 is 12.4 Å². The first-order chi connectivity index (χ1) is 13.5. The monoisotopic (exact) mass is 437 g/mol. The second-order valence-electron chi connectivity index (χ2n) is 6.55. The van der Waals surface area contributed by atoms with Gasteiger partial charge in [-0.15, -0.1) is 0 Å². The number of rotatable bonds is 4. The standard InChI is InChI=1S/C18H14ClF6N3O/c19-14-5-11(17(20,21)22)7-26-15(14)28-8-10(9-28)6-27-16(29)12-3-1-2-4-13(12)18(23,24)25/h1-5,7,10H,6,8-9H2,(H,27,29). The van der Waals surface area contributed by atoms with Crippen LogP contribution in [0.5, 0.6) is 0 Å². The number of nitrogens with zero attached hydrogens (tertiary/aromatic N) is 2. The van der Waals surface area contributed by atoms with Crippen LogP contribution in [0.2, 0.25) is 5.02 Å². The summed E-state index contributed by atoms with van der Waals surface area (Å²) in [4.78, 5) is 17.5. The third-order valence-corrected chi connectivity index (χ3v) is 4.71. The van der Waals surface area contributed by atoms with E-state index in [9.17, 15) is 31.1 Å². The first-order valence-electron chi connectivity index (χ1n) is 8.39. The molecule has 3 rings (SSSR count). The average Bonchev–Trinajstić information content (AvgIpc) is 2.59. The van der Waals surface area contributed by atoms with E-state index in [4.69, 9.17) is 11.6 Å². The Balaban J connectivity index is 1.57. The molecule has 0 radical (unpaired) electrons. The van der Waals surface area contributed by atoms with Crippen molar-refractivity contribution >= 4 is 23.3 Å². The van der Waals surface area contributed by atoms with Crippen LogP contribution < -0.4 is 10.2 Å². The molecular formula is C18H14ClF6N3O. The van der Waals surface area contributed by atoms with Gasteiger partial charge in [-0.25, -0.2) is 4.98 Å². The van der Waals surface area contributed by atoms with Crippen molar-refractivity contribution in [2.45, 2.75) is 12.4 Å². The van der Waals surface area contributed by atoms with E-state index in [1.54, 1.807) is 4.90 Å². The first-order valence-corrected chi connectivity index (χ1v) is 8.76. The lowest BCUT2D eigenvalue weighted by Crippen LogP contribution is -2.52. The number of hydrogen-bond acceptors (Lipinski definition) is 3. The van der Waals surface area contributed by atoms with Crippen molar-refractivity contribution < 1.29 is 31.1 Å². The number of nitrogens with one attached hydrogen (secondary N) is 1. The molecule has 156 valence electrons. The summed E-state index contributed by atoms with van der Waals surface area (Å²) in [6.07, 6.45) is -8.51. The van der Waals surface area contributed by atoms with Gasteiger partial charge in [0.15, 0.2) is 0 Å². The third-order valence-electron chi connectivity index (χ3n) is 4.43. The van der Waals surface area contributed by atoms with Crippen molar-refractivity contribution in [3.8, 4) is 0 Å². The Labute approximate surface area is 166 Å². The van der Waals surface area contributed by atoms with E-state index in [1.165, 1.54) is 12.1 Å². The minimum atomic E-state index is -4.65. The summed E-state index contributed by atoms with van der Waals surface area (Å²) >= 11 is 5.88. The van der Waals surface area contributed by atoms with Crippen LogP contribution in [0.15, 0.2) is 36.5 Å². The normalized spacial score (nSPS) is 15.2. The number of benzene rings is 1. The first kappa shape index (κ1) is 21.2. The molecule has 0 atom stereocenters. The number of carbonyl (C=O) groups is 1. The van der Waals surface area contributed by atoms with Crippen molar-refractivity contribution in [2.75, 3.05) is 24.5 Å². The van der Waals surface area contributed by atoms with Crippen molar-refractivity contribution in [1.29, 1.82) is 0 Å². The molecule has 2 heterocycles. The molecular weight excluding hydrogens is 424 g/mol. The van der Waals surface area contributed by atoms with E-state index >= 15 is 0 Å². The number of halogens is 7. The summed E-state index contributed by atoms with van der Waals surface area (Å²) in [6.45, 7) is 0.804. The molecule has 1 aliphatic rings. The van der Waals surface area contributed by atoms with Gasteiger partial charge in [0.1, 0.15) is 5.82 Å². The zero-order chi connectivity index (χ0) is 21.4. The maximum absolute atomic E-state index is 13.0. The molecule has 0 bridgehead atoms. The highest BCUT2D eigenvalue weighted by molar-refractivity contribution is 6.33. The Bertz CT molecular complexity index is 909. The molecule has 0 aliphatic carbocycles. The summed E-state index contributed by atoms with van der Waals surface area (Å²) in [5.41, 5.74) is -2.45. The predicted molar refractivity (Wildman–Crippen MR) is 93.7 cm³/mol. The van der Waals surface area contributed by atoms with E-state index in [2.05, 4.69) is 10.3 Å². The molecule has 29 heavy (non-hydrogen) atoms. The Hall–Kier alpha value is -2.49. The lowest BCUT2D eigenvalue weighted by molar-refractivity contribution is -0.138. The number of amides is 1. The molecule has 1 saturated heterocycles. The number of anilines is 1. The van der Waals surface area contributed by atoms with Gasteiger partial charge < -0.3 is 10.2 Å². The molecule has 4 nitrogen and oxygen atoms in total. The summed E-state index contributed by atoms with van der Waals surface area (Å²) < 4.78 is 76.9. The molecule has 0 spiro atoms. The zero-order valence-electron chi connectivity index (χ0n) is 14.6. The number of carbonyl (C=O) groups excluding carboxylic acids is 1. The van der Waals surface area contributed by atoms with Crippen LogP contribution in [0, 0.1) is 5.92 Å². The molecule has 0 unspecified atom stereocenters. The SMILES string of the molecule is O=C(NCC1CN(c2ncc(C(F)(F)F)cc2Cl)C1)c1ccccc1C(F)(F)F. The third kappa shape index (κ3) is 4.75. The van der Waals surface area contributed by atoms with Gasteiger partial charge in [0.2, 0.25) is 0 Å². The van der Waals surface area contributed by atoms with E-state index in [1.807, 2.05) is 0 Å². The van der Waals surface area contributed by atoms with Crippen LogP contribution in [-0.4, -0.2) is 30.5 Å². The quantitative estimate of drug-likeness (QED) is 0.709. The molecule has 11 heteroatoms. The van der Waals surface area contributed by atoms with Crippen molar-refractivity contribution in [3.63, 3.8) is 0 Å². The minimum absolute atomic E-state index is 0.0999. The van der Waals surface area contributed by atoms with E-state index in [0.717, 1.165) is 18.2 Å². The van der Waals surface area contributed by atoms with Crippen molar-refractivity contribution in [2.24, 2.45) is 5.92 Å². The topological polar surface area (TPSA) is 45.2 Å². The Morgan fingerprint density at radius 1 is 1.14 bits per heavy atom. The number of pyridine rings is 1. The fraction of sp³-hybridized carbons (Fsp3) is 0.333. The van der Waals surface area contributed by atoms with E-state index in [-0.39, 0.29) is 23.3 Å². The van der Waals surface area contributed by atoms with Gasteiger partial charge in [-0.2, -0.15) is 26.3 Å². The molecule has 1 amide bonds. The lowest BCUT2D eigenvalue weighted by Gasteiger charge is -2.40. The average molecular weight is 438 g/mol. The molecule has 1 aromatic heterocycles. The highest BCUT2D eigenvalue weighted by Crippen LogP contribution is 2.35. The van der Waals surface area contributed by atoms with Gasteiger partial charge in [0, 0.05) is 31.7 Å². The summed E-state index contributed by atoms with van der Waals surface area (Å²) in [6, 6.07) is 5.25. The Kier molecular flexibility index (Phi) is 5.66. The van der Waals surface area contributed by atoms with Crippen LogP contribution >= 0.6 is 11.6 Å². The number of alkyl halides is 6. The van der Waals surface area contributed by atoms with Gasteiger partial charge in [0.25, 0.3) is 5.91 Å². The molecule has 0 saturated carbocycles. The van der Waals surface area contributed by atoms with Crippen LogP contribution in [0.25, 0.3) is 0 Å². The number of hydrogen-bond donors (Lipinski definition) is 1. The Morgan fingerprint density at radius 2 is 1.79 bits per heavy atom. The molecule has 2 aromatic rings. The molecule has 1 aliphatic heterocycles. The van der Waals surface area contributed by atoms with Gasteiger partial charge in [0.05, 0.1) is 21.7 Å². The highest BCUT2D eigenvalue weighted by atomic mass is 35.5. The van der Waals surface area contributed by atoms with Crippen molar-refractivity contribution in [1.82, 2.24) is 10.3 Å². The molecule has 1 N–H and O–H groups in total. The fourth-order valence-corrected chi connectivity index (χ4v) is 3.24. The van der Waals surface area contributed by atoms with Crippen LogP contribution in [0.3, 0.4) is 0 Å². The largest absolute Gasteiger partial charge is 0.417 e. The van der Waals surface area contributed by atoms with Crippen molar-refractivity contribution in [3.05, 3.63) is 58.2 Å². The van der Waals surface area contributed by atoms with E-state index < -0.39 is 35.0 Å². The summed E-state index contributed by atoms with van der Waals surface area (Å²) in [7, 11) is 0. The minimum Gasteiger partial charge on any atom is -0.355 e. The van der Waals surface area contributed by atoms with Crippen LogP contribution in [0.4, 0.5) is 32.2 Å². The summed E-state index contributed by atoms with van der Waals surface area (Å²) in [5.74, 6) is -0.760. The van der Waals surface area contributed by atoms with E-state index in [0.29, 0.717) is 19.3 Å². The lowest BCUT2D eigenvalue weighted by atomic mass is 9.99. The second-order valence-corrected chi connectivity index (χ2v) is 6.96. The van der Waals surface area contributed by atoms with Gasteiger partial charge in [-0.3, -0.25) is 4.79 Å². The van der Waals surface area contributed by atoms with Crippen LogP contribution in [0.1, 0.15) is 21.5 Å². The fourth-order valence-electron chi connectivity index (χ4n) is 2.95. The number of aromatic nitrogens is 1. The molecule has 1 aromatic carbocycles. The maximum Gasteiger partial charge on any atom is 0.417 e. The molecule has 1 fully saturated rings. The smallest absolute Gasteiger partial charge is 0.355 e. The zero-order valence-corrected chi connectivity index (χ0v) is 15.4. The van der Waals surface area contributed by atoms with Gasteiger partial charge in [-0.05, 0) is 18.2 Å². The Morgan fingerprint density at radius 3 is 2.38 bits per heavy atom. The maximum atomic E-state index is 13.0. The second kappa shape index (κ2) is 7.74. The predicted octanol–water partition coefficient (Wildman–Crippen LogP) is 4.64. The van der Waals surface area contributed by atoms with Crippen LogP contribution in [-0.2, 0) is 12.4 Å².